The molecule has 2 heterocycles. The zero-order chi connectivity index (χ0) is 18.0. The molecule has 0 amide bonds. The molecule has 1 aromatic carbocycles. The van der Waals surface area contributed by atoms with Crippen molar-refractivity contribution in [3.63, 3.8) is 0 Å². The van der Waals surface area contributed by atoms with E-state index in [4.69, 9.17) is 5.73 Å². The zero-order valence-corrected chi connectivity index (χ0v) is 15.1. The van der Waals surface area contributed by atoms with E-state index in [0.29, 0.717) is 27.4 Å². The maximum Gasteiger partial charge on any atom is 0.226 e. The minimum Gasteiger partial charge on any atom is -0.382 e. The van der Waals surface area contributed by atoms with E-state index in [1.165, 1.54) is 6.07 Å². The minimum atomic E-state index is -0.894. The van der Waals surface area contributed by atoms with Crippen LogP contribution in [-0.4, -0.2) is 26.1 Å². The molecule has 0 fully saturated rings. The quantitative estimate of drug-likeness (QED) is 0.478. The first kappa shape index (κ1) is 17.5. The van der Waals surface area contributed by atoms with Gasteiger partial charge in [0.25, 0.3) is 0 Å². The van der Waals surface area contributed by atoms with Crippen LogP contribution in [0.3, 0.4) is 0 Å². The Labute approximate surface area is 151 Å². The summed E-state index contributed by atoms with van der Waals surface area (Å²) in [6, 6.07) is 3.76. The number of imidazole rings is 1. The summed E-state index contributed by atoms with van der Waals surface area (Å²) in [5.41, 5.74) is 7.53. The smallest absolute Gasteiger partial charge is 0.226 e. The lowest BCUT2D eigenvalue weighted by Gasteiger charge is -2.08. The van der Waals surface area contributed by atoms with Crippen molar-refractivity contribution in [2.45, 2.75) is 26.3 Å². The first-order valence-electron chi connectivity index (χ1n) is 7.86. The van der Waals surface area contributed by atoms with Crippen molar-refractivity contribution in [3.8, 4) is 0 Å². The molecule has 0 aliphatic heterocycles. The van der Waals surface area contributed by atoms with Gasteiger partial charge in [-0.05, 0) is 40.0 Å². The van der Waals surface area contributed by atoms with Crippen molar-refractivity contribution in [2.75, 3.05) is 17.6 Å². The Balaban J connectivity index is 1.98. The fourth-order valence-corrected chi connectivity index (χ4v) is 2.88. The standard InChI is InChI=1S/C16H17BrF2N6/c1-2-3-6-21-16-23-13(20)12-14(24-16)25(15(17)22-12)8-9-4-5-10(18)11(19)7-9/h4-5,7H,2-3,6,8H2,1H3,(H3,20,21,23,24). The number of nitrogens with one attached hydrogen (secondary N) is 1. The molecule has 0 aliphatic rings. The van der Waals surface area contributed by atoms with Crippen molar-refractivity contribution in [1.29, 1.82) is 0 Å². The van der Waals surface area contributed by atoms with E-state index in [2.05, 4.69) is 43.1 Å². The maximum atomic E-state index is 13.5. The van der Waals surface area contributed by atoms with Gasteiger partial charge in [-0.1, -0.05) is 19.4 Å². The summed E-state index contributed by atoms with van der Waals surface area (Å²) in [6.07, 6.45) is 2.03. The Hall–Kier alpha value is -2.29. The van der Waals surface area contributed by atoms with Gasteiger partial charge in [-0.25, -0.2) is 13.8 Å². The third-order valence-corrected chi connectivity index (χ3v) is 4.32. The van der Waals surface area contributed by atoms with E-state index < -0.39 is 11.6 Å². The average Bonchev–Trinajstić information content (AvgIpc) is 2.88. The molecule has 0 spiro atoms. The van der Waals surface area contributed by atoms with E-state index >= 15 is 0 Å². The number of hydrogen-bond acceptors (Lipinski definition) is 5. The number of benzene rings is 1. The van der Waals surface area contributed by atoms with Gasteiger partial charge in [-0.2, -0.15) is 9.97 Å². The highest BCUT2D eigenvalue weighted by molar-refractivity contribution is 9.10. The van der Waals surface area contributed by atoms with Gasteiger partial charge in [0.05, 0.1) is 6.54 Å². The van der Waals surface area contributed by atoms with Crippen molar-refractivity contribution in [2.24, 2.45) is 0 Å². The molecular weight excluding hydrogens is 394 g/mol. The molecular formula is C16H17BrF2N6. The van der Waals surface area contributed by atoms with Crippen LogP contribution in [-0.2, 0) is 6.54 Å². The Bertz CT molecular complexity index is 911. The SMILES string of the molecule is CCCCNc1nc(N)c2nc(Br)n(Cc3ccc(F)c(F)c3)c2n1. The lowest BCUT2D eigenvalue weighted by Crippen LogP contribution is -2.09. The molecule has 0 radical (unpaired) electrons. The molecule has 0 atom stereocenters. The van der Waals surface area contributed by atoms with Crippen LogP contribution in [0.5, 0.6) is 0 Å². The summed E-state index contributed by atoms with van der Waals surface area (Å²) in [7, 11) is 0. The molecule has 0 aliphatic carbocycles. The Kier molecular flexibility index (Phi) is 5.12. The van der Waals surface area contributed by atoms with Crippen LogP contribution in [0, 0.1) is 11.6 Å². The highest BCUT2D eigenvalue weighted by Crippen LogP contribution is 2.25. The number of halogens is 3. The number of hydrogen-bond donors (Lipinski definition) is 2. The fourth-order valence-electron chi connectivity index (χ4n) is 2.41. The molecule has 2 aromatic heterocycles. The van der Waals surface area contributed by atoms with Crippen LogP contribution in [0.1, 0.15) is 25.3 Å². The molecule has 6 nitrogen and oxygen atoms in total. The van der Waals surface area contributed by atoms with Crippen LogP contribution < -0.4 is 11.1 Å². The van der Waals surface area contributed by atoms with E-state index in [9.17, 15) is 8.78 Å². The Morgan fingerprint density at radius 3 is 2.72 bits per heavy atom. The molecule has 3 aromatic rings. The fraction of sp³-hybridized carbons (Fsp3) is 0.312. The second-order valence-corrected chi connectivity index (χ2v) is 6.31. The van der Waals surface area contributed by atoms with Crippen LogP contribution in [0.4, 0.5) is 20.5 Å². The van der Waals surface area contributed by atoms with Crippen molar-refractivity contribution in [3.05, 3.63) is 40.1 Å². The van der Waals surface area contributed by atoms with E-state index in [1.54, 1.807) is 4.57 Å². The van der Waals surface area contributed by atoms with Crippen molar-refractivity contribution < 1.29 is 8.78 Å². The van der Waals surface area contributed by atoms with Crippen LogP contribution >= 0.6 is 15.9 Å². The zero-order valence-electron chi connectivity index (χ0n) is 13.6. The number of nitrogens with zero attached hydrogens (tertiary/aromatic N) is 4. The molecule has 9 heteroatoms. The third-order valence-electron chi connectivity index (χ3n) is 3.71. The van der Waals surface area contributed by atoms with Gasteiger partial charge in [0.15, 0.2) is 33.3 Å². The normalized spacial score (nSPS) is 11.2. The van der Waals surface area contributed by atoms with E-state index in [-0.39, 0.29) is 12.4 Å². The topological polar surface area (TPSA) is 81.6 Å². The molecule has 0 saturated carbocycles. The van der Waals surface area contributed by atoms with Crippen LogP contribution in [0.25, 0.3) is 11.2 Å². The number of unbranched alkanes of at least 4 members (excludes halogenated alkanes) is 1. The van der Waals surface area contributed by atoms with Crippen LogP contribution in [0.2, 0.25) is 0 Å². The van der Waals surface area contributed by atoms with Gasteiger partial charge in [-0.3, -0.25) is 4.57 Å². The number of nitrogens with two attached hydrogens (primary N) is 1. The van der Waals surface area contributed by atoms with Gasteiger partial charge in [0, 0.05) is 6.54 Å². The molecule has 0 bridgehead atoms. The summed E-state index contributed by atoms with van der Waals surface area (Å²) in [4.78, 5) is 13.0. The predicted molar refractivity (Wildman–Crippen MR) is 96.3 cm³/mol. The monoisotopic (exact) mass is 410 g/mol. The average molecular weight is 411 g/mol. The highest BCUT2D eigenvalue weighted by Gasteiger charge is 2.16. The molecule has 3 N–H and O–H groups in total. The molecule has 0 unspecified atom stereocenters. The molecule has 25 heavy (non-hydrogen) atoms. The molecule has 0 saturated heterocycles. The van der Waals surface area contributed by atoms with Crippen LogP contribution in [0.15, 0.2) is 22.9 Å². The third kappa shape index (κ3) is 3.71. The van der Waals surface area contributed by atoms with Gasteiger partial charge >= 0.3 is 0 Å². The first-order chi connectivity index (χ1) is 12.0. The number of aromatic nitrogens is 4. The van der Waals surface area contributed by atoms with Crippen molar-refractivity contribution >= 4 is 38.9 Å². The van der Waals surface area contributed by atoms with Gasteiger partial charge in [-0.15, -0.1) is 0 Å². The highest BCUT2D eigenvalue weighted by atomic mass is 79.9. The predicted octanol–water partition coefficient (Wildman–Crippen LogP) is 3.71. The largest absolute Gasteiger partial charge is 0.382 e. The second kappa shape index (κ2) is 7.30. The summed E-state index contributed by atoms with van der Waals surface area (Å²) in [6.45, 7) is 3.09. The van der Waals surface area contributed by atoms with E-state index in [1.807, 2.05) is 0 Å². The number of fused-ring (bicyclic) bond motifs is 1. The number of nitrogen functional groups attached to an aromatic ring is 1. The second-order valence-electron chi connectivity index (χ2n) is 5.60. The maximum absolute atomic E-state index is 13.5. The Morgan fingerprint density at radius 1 is 1.20 bits per heavy atom. The molecule has 132 valence electrons. The lowest BCUT2D eigenvalue weighted by atomic mass is 10.2. The summed E-state index contributed by atoms with van der Waals surface area (Å²) in [5, 5.41) is 3.13. The number of anilines is 2. The minimum absolute atomic E-state index is 0.258. The number of rotatable bonds is 6. The summed E-state index contributed by atoms with van der Waals surface area (Å²) < 4.78 is 28.8. The van der Waals surface area contributed by atoms with Crippen molar-refractivity contribution in [1.82, 2.24) is 19.5 Å². The van der Waals surface area contributed by atoms with E-state index in [0.717, 1.165) is 31.5 Å². The van der Waals surface area contributed by atoms with Gasteiger partial charge in [0.1, 0.15) is 0 Å². The summed E-state index contributed by atoms with van der Waals surface area (Å²) in [5.74, 6) is -1.10. The molecule has 3 rings (SSSR count). The van der Waals surface area contributed by atoms with Gasteiger partial charge in [0.2, 0.25) is 5.95 Å². The lowest BCUT2D eigenvalue weighted by molar-refractivity contribution is 0.506. The first-order valence-corrected chi connectivity index (χ1v) is 8.66. The summed E-state index contributed by atoms with van der Waals surface area (Å²) >= 11 is 3.36. The van der Waals surface area contributed by atoms with Gasteiger partial charge < -0.3 is 11.1 Å². The Morgan fingerprint density at radius 2 is 2.00 bits per heavy atom.